The maximum atomic E-state index is 12.0. The third-order valence-corrected chi connectivity index (χ3v) is 3.69. The van der Waals surface area contributed by atoms with E-state index in [1.807, 2.05) is 32.0 Å². The Hall–Kier alpha value is -2.69. The Morgan fingerprint density at radius 1 is 1.04 bits per heavy atom. The lowest BCUT2D eigenvalue weighted by Crippen LogP contribution is -2.27. The summed E-state index contributed by atoms with van der Waals surface area (Å²) >= 11 is 0. The lowest BCUT2D eigenvalue weighted by atomic mass is 10.1. The van der Waals surface area contributed by atoms with Crippen molar-refractivity contribution in [2.75, 3.05) is 19.8 Å². The lowest BCUT2D eigenvalue weighted by molar-refractivity contribution is -0.120. The van der Waals surface area contributed by atoms with Crippen molar-refractivity contribution in [3.8, 4) is 17.2 Å². The topological polar surface area (TPSA) is 67.8 Å². The first-order chi connectivity index (χ1) is 12.1. The fraction of sp³-hybridized carbons (Fsp3) is 0.350. The maximum absolute atomic E-state index is 12.0. The van der Waals surface area contributed by atoms with Crippen LogP contribution in [-0.4, -0.2) is 30.8 Å². The molecule has 0 aliphatic rings. The van der Waals surface area contributed by atoms with Gasteiger partial charge in [0.1, 0.15) is 5.75 Å². The first-order valence-electron chi connectivity index (χ1n) is 8.56. The Kier molecular flexibility index (Phi) is 7.14. The summed E-state index contributed by atoms with van der Waals surface area (Å²) in [6.07, 6.45) is 0.860. The van der Waals surface area contributed by atoms with Crippen LogP contribution < -0.4 is 14.8 Å². The van der Waals surface area contributed by atoms with Crippen LogP contribution in [0.25, 0.3) is 0 Å². The number of aromatic hydroxyl groups is 1. The number of carbonyl (C=O) groups excluding carboxylic acids is 1. The Balaban J connectivity index is 1.87. The summed E-state index contributed by atoms with van der Waals surface area (Å²) in [6, 6.07) is 12.7. The number of phenols is 1. The van der Waals surface area contributed by atoms with Gasteiger partial charge in [-0.2, -0.15) is 0 Å². The van der Waals surface area contributed by atoms with E-state index in [9.17, 15) is 9.90 Å². The number of phenolic OH excluding ortho intramolecular Hbond substituents is 1. The third kappa shape index (κ3) is 5.71. The number of benzene rings is 2. The molecule has 0 saturated carbocycles. The van der Waals surface area contributed by atoms with Gasteiger partial charge in [0.2, 0.25) is 5.91 Å². The number of nitrogens with one attached hydrogen (secondary N) is 1. The second-order valence-electron chi connectivity index (χ2n) is 5.55. The molecule has 0 bridgehead atoms. The summed E-state index contributed by atoms with van der Waals surface area (Å²) in [4.78, 5) is 12.0. The van der Waals surface area contributed by atoms with E-state index in [2.05, 4.69) is 5.32 Å². The minimum absolute atomic E-state index is 0.113. The Labute approximate surface area is 148 Å². The Morgan fingerprint density at radius 2 is 1.76 bits per heavy atom. The summed E-state index contributed by atoms with van der Waals surface area (Å²) in [7, 11) is 0. The van der Waals surface area contributed by atoms with Crippen LogP contribution in [0.1, 0.15) is 25.0 Å². The van der Waals surface area contributed by atoms with Crippen molar-refractivity contribution in [1.82, 2.24) is 5.32 Å². The van der Waals surface area contributed by atoms with Gasteiger partial charge < -0.3 is 19.9 Å². The first-order valence-corrected chi connectivity index (χ1v) is 8.56. The third-order valence-electron chi connectivity index (χ3n) is 3.69. The van der Waals surface area contributed by atoms with Gasteiger partial charge in [0.05, 0.1) is 19.6 Å². The second kappa shape index (κ2) is 9.57. The zero-order valence-electron chi connectivity index (χ0n) is 14.7. The van der Waals surface area contributed by atoms with Crippen LogP contribution >= 0.6 is 0 Å². The molecule has 0 aliphatic carbocycles. The van der Waals surface area contributed by atoms with Crippen LogP contribution in [0.4, 0.5) is 0 Å². The highest BCUT2D eigenvalue weighted by atomic mass is 16.5. The van der Waals surface area contributed by atoms with E-state index in [0.29, 0.717) is 31.7 Å². The molecule has 2 aromatic carbocycles. The van der Waals surface area contributed by atoms with Crippen LogP contribution in [0.3, 0.4) is 0 Å². The molecule has 0 aliphatic heterocycles. The number of amides is 1. The predicted octanol–water partition coefficient (Wildman–Crippen LogP) is 3.09. The molecule has 0 unspecified atom stereocenters. The molecule has 2 aromatic rings. The average molecular weight is 343 g/mol. The molecule has 0 spiro atoms. The van der Waals surface area contributed by atoms with Crippen molar-refractivity contribution >= 4 is 5.91 Å². The molecular formula is C20H25NO4. The standard InChI is InChI=1S/C20H25NO4/c1-3-24-18-10-9-15(13-19(18)25-4-2)11-12-21-20(23)14-16-7-5-6-8-17(16)22/h5-10,13,22H,3-4,11-12,14H2,1-2H3,(H,21,23). The van der Waals surface area contributed by atoms with Crippen molar-refractivity contribution in [2.24, 2.45) is 0 Å². The molecule has 0 aromatic heterocycles. The predicted molar refractivity (Wildman–Crippen MR) is 97.3 cm³/mol. The van der Waals surface area contributed by atoms with Crippen LogP contribution in [0, 0.1) is 0 Å². The zero-order chi connectivity index (χ0) is 18.1. The minimum Gasteiger partial charge on any atom is -0.508 e. The van der Waals surface area contributed by atoms with E-state index < -0.39 is 0 Å². The van der Waals surface area contributed by atoms with Gasteiger partial charge in [-0.05, 0) is 44.0 Å². The molecule has 0 saturated heterocycles. The second-order valence-corrected chi connectivity index (χ2v) is 5.55. The molecule has 5 heteroatoms. The molecule has 0 atom stereocenters. The van der Waals surface area contributed by atoms with Crippen molar-refractivity contribution in [3.63, 3.8) is 0 Å². The van der Waals surface area contributed by atoms with E-state index in [0.717, 1.165) is 17.1 Å². The smallest absolute Gasteiger partial charge is 0.224 e. The molecule has 0 radical (unpaired) electrons. The molecular weight excluding hydrogens is 318 g/mol. The summed E-state index contributed by atoms with van der Waals surface area (Å²) in [5.41, 5.74) is 1.69. The van der Waals surface area contributed by atoms with Gasteiger partial charge in [-0.3, -0.25) is 4.79 Å². The first kappa shape index (κ1) is 18.6. The average Bonchev–Trinajstić information content (AvgIpc) is 2.59. The quantitative estimate of drug-likeness (QED) is 0.734. The molecule has 25 heavy (non-hydrogen) atoms. The molecule has 0 fully saturated rings. The number of para-hydroxylation sites is 1. The van der Waals surface area contributed by atoms with Gasteiger partial charge in [0.25, 0.3) is 0 Å². The van der Waals surface area contributed by atoms with E-state index in [1.54, 1.807) is 24.3 Å². The number of rotatable bonds is 9. The largest absolute Gasteiger partial charge is 0.508 e. The number of ether oxygens (including phenoxy) is 2. The van der Waals surface area contributed by atoms with Crippen molar-refractivity contribution < 1.29 is 19.4 Å². The Morgan fingerprint density at radius 3 is 2.48 bits per heavy atom. The van der Waals surface area contributed by atoms with Gasteiger partial charge in [0, 0.05) is 12.1 Å². The number of hydrogen-bond donors (Lipinski definition) is 2. The van der Waals surface area contributed by atoms with E-state index in [1.165, 1.54) is 0 Å². The van der Waals surface area contributed by atoms with Gasteiger partial charge in [-0.1, -0.05) is 24.3 Å². The molecule has 0 heterocycles. The minimum atomic E-state index is -0.113. The summed E-state index contributed by atoms with van der Waals surface area (Å²) in [5.74, 6) is 1.49. The number of carbonyl (C=O) groups is 1. The highest BCUT2D eigenvalue weighted by Crippen LogP contribution is 2.28. The Bertz CT molecular complexity index is 700. The number of hydrogen-bond acceptors (Lipinski definition) is 4. The van der Waals surface area contributed by atoms with Gasteiger partial charge in [-0.15, -0.1) is 0 Å². The van der Waals surface area contributed by atoms with E-state index in [-0.39, 0.29) is 18.1 Å². The fourth-order valence-corrected chi connectivity index (χ4v) is 2.49. The normalized spacial score (nSPS) is 10.3. The van der Waals surface area contributed by atoms with Gasteiger partial charge in [-0.25, -0.2) is 0 Å². The van der Waals surface area contributed by atoms with Gasteiger partial charge >= 0.3 is 0 Å². The van der Waals surface area contributed by atoms with Crippen molar-refractivity contribution in [1.29, 1.82) is 0 Å². The molecule has 2 N–H and O–H groups in total. The molecule has 5 nitrogen and oxygen atoms in total. The SMILES string of the molecule is CCOc1ccc(CCNC(=O)Cc2ccccc2O)cc1OCC. The summed E-state index contributed by atoms with van der Waals surface area (Å²) < 4.78 is 11.2. The van der Waals surface area contributed by atoms with Crippen LogP contribution in [0.15, 0.2) is 42.5 Å². The molecule has 1 amide bonds. The molecule has 2 rings (SSSR count). The van der Waals surface area contributed by atoms with Crippen molar-refractivity contribution in [2.45, 2.75) is 26.7 Å². The van der Waals surface area contributed by atoms with E-state index in [4.69, 9.17) is 9.47 Å². The van der Waals surface area contributed by atoms with Crippen molar-refractivity contribution in [3.05, 3.63) is 53.6 Å². The fourth-order valence-electron chi connectivity index (χ4n) is 2.49. The summed E-state index contributed by atoms with van der Waals surface area (Å²) in [5, 5.41) is 12.6. The zero-order valence-corrected chi connectivity index (χ0v) is 14.7. The van der Waals surface area contributed by atoms with E-state index >= 15 is 0 Å². The molecule has 134 valence electrons. The summed E-state index contributed by atoms with van der Waals surface area (Å²) in [6.45, 7) is 5.54. The van der Waals surface area contributed by atoms with Gasteiger partial charge in [0.15, 0.2) is 11.5 Å². The lowest BCUT2D eigenvalue weighted by Gasteiger charge is -2.12. The van der Waals surface area contributed by atoms with Crippen LogP contribution in [0.2, 0.25) is 0 Å². The van der Waals surface area contributed by atoms with Crippen LogP contribution in [0.5, 0.6) is 17.2 Å². The highest BCUT2D eigenvalue weighted by Gasteiger charge is 2.08. The monoisotopic (exact) mass is 343 g/mol. The van der Waals surface area contributed by atoms with Crippen LogP contribution in [-0.2, 0) is 17.6 Å². The maximum Gasteiger partial charge on any atom is 0.224 e. The highest BCUT2D eigenvalue weighted by molar-refractivity contribution is 5.79.